The van der Waals surface area contributed by atoms with Gasteiger partial charge in [0.1, 0.15) is 11.5 Å². The van der Waals surface area contributed by atoms with E-state index < -0.39 is 5.91 Å². The Morgan fingerprint density at radius 2 is 1.93 bits per heavy atom. The lowest BCUT2D eigenvalue weighted by atomic mass is 10.2. The standard InChI is InChI=1S/C19H20BrClN2O4/c1-12-10-13(21)5-8-17(12)27-9-3-4-18(24)22-23-19(25)15-11-14(26-2)6-7-16(15)20/h5-8,10-11H,3-4,9H2,1-2H3,(H,22,24)(H,23,25). The second-order valence-electron chi connectivity index (χ2n) is 5.71. The molecule has 27 heavy (non-hydrogen) atoms. The van der Waals surface area contributed by atoms with Crippen LogP contribution in [0.4, 0.5) is 0 Å². The van der Waals surface area contributed by atoms with Gasteiger partial charge >= 0.3 is 0 Å². The van der Waals surface area contributed by atoms with E-state index in [1.54, 1.807) is 30.3 Å². The van der Waals surface area contributed by atoms with Crippen molar-refractivity contribution in [2.24, 2.45) is 0 Å². The summed E-state index contributed by atoms with van der Waals surface area (Å²) in [4.78, 5) is 24.0. The number of amides is 2. The summed E-state index contributed by atoms with van der Waals surface area (Å²) in [5, 5.41) is 0.651. The Morgan fingerprint density at radius 3 is 2.63 bits per heavy atom. The fourth-order valence-electron chi connectivity index (χ4n) is 2.25. The van der Waals surface area contributed by atoms with Crippen LogP contribution in [0.5, 0.6) is 11.5 Å². The largest absolute Gasteiger partial charge is 0.497 e. The van der Waals surface area contributed by atoms with Crippen molar-refractivity contribution in [2.45, 2.75) is 19.8 Å². The van der Waals surface area contributed by atoms with Crippen LogP contribution >= 0.6 is 27.5 Å². The molecule has 2 amide bonds. The van der Waals surface area contributed by atoms with Crippen LogP contribution in [0.1, 0.15) is 28.8 Å². The second kappa shape index (κ2) is 10.2. The van der Waals surface area contributed by atoms with Gasteiger partial charge in [-0.25, -0.2) is 0 Å². The number of methoxy groups -OCH3 is 1. The zero-order valence-corrected chi connectivity index (χ0v) is 17.3. The highest BCUT2D eigenvalue weighted by molar-refractivity contribution is 9.10. The predicted octanol–water partition coefficient (Wildman–Crippen LogP) is 4.04. The van der Waals surface area contributed by atoms with E-state index in [2.05, 4.69) is 26.8 Å². The third-order valence-corrected chi connectivity index (χ3v) is 4.60. The number of hydrogen-bond acceptors (Lipinski definition) is 4. The van der Waals surface area contributed by atoms with Crippen molar-refractivity contribution in [3.05, 3.63) is 57.0 Å². The molecular formula is C19H20BrClN2O4. The maximum absolute atomic E-state index is 12.2. The zero-order valence-electron chi connectivity index (χ0n) is 15.0. The van der Waals surface area contributed by atoms with Crippen molar-refractivity contribution in [3.63, 3.8) is 0 Å². The molecule has 0 heterocycles. The van der Waals surface area contributed by atoms with E-state index in [-0.39, 0.29) is 12.3 Å². The van der Waals surface area contributed by atoms with Crippen LogP contribution in [0.3, 0.4) is 0 Å². The van der Waals surface area contributed by atoms with Crippen molar-refractivity contribution in [1.29, 1.82) is 0 Å². The third kappa shape index (κ3) is 6.45. The van der Waals surface area contributed by atoms with E-state index in [1.807, 2.05) is 13.0 Å². The van der Waals surface area contributed by atoms with E-state index in [9.17, 15) is 9.59 Å². The summed E-state index contributed by atoms with van der Waals surface area (Å²) in [5.74, 6) is 0.529. The Labute approximate surface area is 171 Å². The number of carbonyl (C=O) groups is 2. The second-order valence-corrected chi connectivity index (χ2v) is 7.00. The molecule has 0 bridgehead atoms. The number of rotatable bonds is 7. The van der Waals surface area contributed by atoms with E-state index in [1.165, 1.54) is 7.11 Å². The molecule has 0 saturated heterocycles. The fraction of sp³-hybridized carbons (Fsp3) is 0.263. The number of hydrogen-bond donors (Lipinski definition) is 2. The number of carbonyl (C=O) groups excluding carboxylic acids is 2. The predicted molar refractivity (Wildman–Crippen MR) is 107 cm³/mol. The third-order valence-electron chi connectivity index (χ3n) is 3.68. The van der Waals surface area contributed by atoms with Crippen LogP contribution in [-0.2, 0) is 4.79 Å². The Bertz CT molecular complexity index is 829. The van der Waals surface area contributed by atoms with Crippen molar-refractivity contribution < 1.29 is 19.1 Å². The molecule has 0 aliphatic carbocycles. The van der Waals surface area contributed by atoms with Crippen LogP contribution in [0, 0.1) is 6.92 Å². The highest BCUT2D eigenvalue weighted by atomic mass is 79.9. The molecular weight excluding hydrogens is 436 g/mol. The summed E-state index contributed by atoms with van der Waals surface area (Å²) in [6.45, 7) is 2.28. The topological polar surface area (TPSA) is 76.7 Å². The maximum atomic E-state index is 12.2. The molecule has 0 aromatic heterocycles. The van der Waals surface area contributed by atoms with Crippen molar-refractivity contribution >= 4 is 39.3 Å². The Morgan fingerprint density at radius 1 is 1.15 bits per heavy atom. The van der Waals surface area contributed by atoms with Gasteiger partial charge in [0, 0.05) is 15.9 Å². The summed E-state index contributed by atoms with van der Waals surface area (Å²) in [6, 6.07) is 10.4. The first-order chi connectivity index (χ1) is 12.9. The summed E-state index contributed by atoms with van der Waals surface area (Å²) in [5.41, 5.74) is 6.07. The van der Waals surface area contributed by atoms with Gasteiger partial charge in [0.25, 0.3) is 5.91 Å². The minimum Gasteiger partial charge on any atom is -0.497 e. The molecule has 2 aromatic carbocycles. The van der Waals surface area contributed by atoms with Crippen LogP contribution in [0.2, 0.25) is 5.02 Å². The van der Waals surface area contributed by atoms with E-state index in [0.29, 0.717) is 33.8 Å². The minimum atomic E-state index is -0.442. The number of benzene rings is 2. The number of halogens is 2. The van der Waals surface area contributed by atoms with Crippen LogP contribution in [-0.4, -0.2) is 25.5 Å². The first-order valence-electron chi connectivity index (χ1n) is 8.22. The molecule has 6 nitrogen and oxygen atoms in total. The average molecular weight is 456 g/mol. The Kier molecular flexibility index (Phi) is 7.94. The van der Waals surface area contributed by atoms with Crippen LogP contribution in [0.25, 0.3) is 0 Å². The minimum absolute atomic E-state index is 0.214. The highest BCUT2D eigenvalue weighted by Crippen LogP contribution is 2.23. The number of aryl methyl sites for hydroxylation is 1. The fourth-order valence-corrected chi connectivity index (χ4v) is 2.90. The normalized spacial score (nSPS) is 10.2. The van der Waals surface area contributed by atoms with Gasteiger partial charge in [0.2, 0.25) is 5.91 Å². The zero-order chi connectivity index (χ0) is 19.8. The molecule has 0 atom stereocenters. The smallest absolute Gasteiger partial charge is 0.270 e. The molecule has 2 rings (SSSR count). The maximum Gasteiger partial charge on any atom is 0.270 e. The lowest BCUT2D eigenvalue weighted by Gasteiger charge is -2.11. The lowest BCUT2D eigenvalue weighted by molar-refractivity contribution is -0.122. The Hall–Kier alpha value is -2.25. The first-order valence-corrected chi connectivity index (χ1v) is 9.39. The van der Waals surface area contributed by atoms with E-state index >= 15 is 0 Å². The monoisotopic (exact) mass is 454 g/mol. The molecule has 0 spiro atoms. The van der Waals surface area contributed by atoms with Crippen molar-refractivity contribution in [2.75, 3.05) is 13.7 Å². The van der Waals surface area contributed by atoms with Crippen molar-refractivity contribution in [1.82, 2.24) is 10.9 Å². The number of nitrogens with one attached hydrogen (secondary N) is 2. The van der Waals surface area contributed by atoms with Gasteiger partial charge in [0.05, 0.1) is 19.3 Å². The van der Waals surface area contributed by atoms with Gasteiger partial charge in [-0.2, -0.15) is 0 Å². The molecule has 0 fully saturated rings. The molecule has 2 N–H and O–H groups in total. The molecule has 0 saturated carbocycles. The van der Waals surface area contributed by atoms with Gasteiger partial charge in [-0.05, 0) is 71.2 Å². The molecule has 8 heteroatoms. The van der Waals surface area contributed by atoms with E-state index in [4.69, 9.17) is 21.1 Å². The molecule has 144 valence electrons. The van der Waals surface area contributed by atoms with Gasteiger partial charge < -0.3 is 9.47 Å². The van der Waals surface area contributed by atoms with Gasteiger partial charge in [-0.3, -0.25) is 20.4 Å². The average Bonchev–Trinajstić information content (AvgIpc) is 2.65. The molecule has 0 unspecified atom stereocenters. The summed E-state index contributed by atoms with van der Waals surface area (Å²) < 4.78 is 11.3. The summed E-state index contributed by atoms with van der Waals surface area (Å²) in [7, 11) is 1.51. The molecule has 0 aliphatic rings. The van der Waals surface area contributed by atoms with Crippen LogP contribution < -0.4 is 20.3 Å². The Balaban J connectivity index is 1.74. The van der Waals surface area contributed by atoms with E-state index in [0.717, 1.165) is 11.3 Å². The van der Waals surface area contributed by atoms with Crippen molar-refractivity contribution in [3.8, 4) is 11.5 Å². The number of ether oxygens (including phenoxy) is 2. The molecule has 0 radical (unpaired) electrons. The molecule has 2 aromatic rings. The number of hydrazine groups is 1. The van der Waals surface area contributed by atoms with Gasteiger partial charge in [-0.15, -0.1) is 0 Å². The van der Waals surface area contributed by atoms with Gasteiger partial charge in [-0.1, -0.05) is 11.6 Å². The first kappa shape index (κ1) is 21.1. The summed E-state index contributed by atoms with van der Waals surface area (Å²) >= 11 is 9.20. The highest BCUT2D eigenvalue weighted by Gasteiger charge is 2.12. The summed E-state index contributed by atoms with van der Waals surface area (Å²) in [6.07, 6.45) is 0.721. The van der Waals surface area contributed by atoms with Crippen LogP contribution in [0.15, 0.2) is 40.9 Å². The molecule has 0 aliphatic heterocycles. The quantitative estimate of drug-likeness (QED) is 0.488. The SMILES string of the molecule is COc1ccc(Br)c(C(=O)NNC(=O)CCCOc2ccc(Cl)cc2C)c1. The van der Waals surface area contributed by atoms with Gasteiger partial charge in [0.15, 0.2) is 0 Å². The lowest BCUT2D eigenvalue weighted by Crippen LogP contribution is -2.41.